The number of aliphatic hydroxyl groups excluding tert-OH is 1. The topological polar surface area (TPSA) is 60.8 Å². The Morgan fingerprint density at radius 3 is 2.48 bits per heavy atom. The molecule has 0 bridgehead atoms. The van der Waals surface area contributed by atoms with Crippen LogP contribution in [0.1, 0.15) is 24.5 Å². The number of aliphatic hydroxyl groups is 1. The lowest BCUT2D eigenvalue weighted by Gasteiger charge is -2.22. The van der Waals surface area contributed by atoms with E-state index in [0.717, 1.165) is 28.4 Å². The van der Waals surface area contributed by atoms with Gasteiger partial charge in [-0.15, -0.1) is 0 Å². The summed E-state index contributed by atoms with van der Waals surface area (Å²) in [5.41, 5.74) is 3.01. The maximum Gasteiger partial charge on any atom is 0.219 e. The van der Waals surface area contributed by atoms with Crippen molar-refractivity contribution in [2.75, 3.05) is 27.6 Å². The predicted octanol–water partition coefficient (Wildman–Crippen LogP) is 2.54. The van der Waals surface area contributed by atoms with Crippen molar-refractivity contribution < 1.29 is 19.3 Å². The van der Waals surface area contributed by atoms with Gasteiger partial charge in [-0.25, -0.2) is 4.98 Å². The Kier molecular flexibility index (Phi) is 7.91. The first kappa shape index (κ1) is 19.8. The highest BCUT2D eigenvalue weighted by molar-refractivity contribution is 6.88. The van der Waals surface area contributed by atoms with Gasteiger partial charge in [-0.2, -0.15) is 0 Å². The summed E-state index contributed by atoms with van der Waals surface area (Å²) in [6.07, 6.45) is 2.65. The molecule has 0 saturated carbocycles. The van der Waals surface area contributed by atoms with E-state index in [-0.39, 0.29) is 13.4 Å². The number of methoxy groups -OCH3 is 2. The van der Waals surface area contributed by atoms with Crippen LogP contribution in [-0.2, 0) is 16.1 Å². The highest BCUT2D eigenvalue weighted by Crippen LogP contribution is 2.28. The number of aromatic nitrogens is 1. The molecule has 0 saturated heterocycles. The Labute approximate surface area is 140 Å². The number of allylic oxidation sites excluding steroid dienone is 1. The number of pyridine rings is 1. The summed E-state index contributed by atoms with van der Waals surface area (Å²) >= 11 is 0. The molecule has 5 nitrogen and oxygen atoms in total. The van der Waals surface area contributed by atoms with Gasteiger partial charge in [0.05, 0.1) is 20.3 Å². The summed E-state index contributed by atoms with van der Waals surface area (Å²) in [6.45, 7) is 9.40. The van der Waals surface area contributed by atoms with Crippen molar-refractivity contribution in [2.24, 2.45) is 0 Å². The Bertz CT molecular complexity index is 538. The van der Waals surface area contributed by atoms with Crippen molar-refractivity contribution in [3.05, 3.63) is 23.3 Å². The van der Waals surface area contributed by atoms with Crippen LogP contribution < -0.4 is 10.1 Å². The van der Waals surface area contributed by atoms with Crippen LogP contribution >= 0.6 is 0 Å². The lowest BCUT2D eigenvalue weighted by molar-refractivity contribution is -0.0396. The van der Waals surface area contributed by atoms with Gasteiger partial charge < -0.3 is 19.3 Å². The fourth-order valence-corrected chi connectivity index (χ4v) is 3.32. The van der Waals surface area contributed by atoms with Crippen LogP contribution in [0.15, 0.2) is 12.1 Å². The van der Waals surface area contributed by atoms with Crippen LogP contribution in [0.3, 0.4) is 0 Å². The standard InChI is InChI=1S/C17H29NO4Si/c1-7-13(8-9-19)14-10-16(23(4,5)6)18-17(21-3)15(14)11-22-12-20-2/h8,10,19H,7,9,11-12H2,1-6H3/b13-8+. The van der Waals surface area contributed by atoms with Gasteiger partial charge in [0.1, 0.15) is 14.9 Å². The van der Waals surface area contributed by atoms with Gasteiger partial charge in [0.15, 0.2) is 0 Å². The average molecular weight is 340 g/mol. The SMILES string of the molecule is CC/C(=C\CO)c1cc([Si](C)(C)C)nc(OC)c1COCOC. The van der Waals surface area contributed by atoms with Crippen LogP contribution in [0.25, 0.3) is 5.57 Å². The van der Waals surface area contributed by atoms with Gasteiger partial charge in [0.25, 0.3) is 0 Å². The van der Waals surface area contributed by atoms with E-state index in [0.29, 0.717) is 12.5 Å². The van der Waals surface area contributed by atoms with Crippen molar-refractivity contribution in [3.8, 4) is 5.88 Å². The maximum absolute atomic E-state index is 9.32. The molecule has 0 aromatic carbocycles. The first-order chi connectivity index (χ1) is 10.9. The molecule has 0 spiro atoms. The maximum atomic E-state index is 9.32. The molecule has 1 heterocycles. The van der Waals surface area contributed by atoms with Gasteiger partial charge in [-0.3, -0.25) is 0 Å². The molecule has 0 unspecified atom stereocenters. The van der Waals surface area contributed by atoms with Crippen molar-refractivity contribution in [1.82, 2.24) is 4.98 Å². The number of rotatable bonds is 9. The Hall–Kier alpha value is -1.21. The largest absolute Gasteiger partial charge is 0.481 e. The zero-order chi connectivity index (χ0) is 17.5. The third-order valence-corrected chi connectivity index (χ3v) is 5.35. The smallest absolute Gasteiger partial charge is 0.219 e. The second-order valence-corrected chi connectivity index (χ2v) is 11.3. The molecule has 1 aromatic rings. The summed E-state index contributed by atoms with van der Waals surface area (Å²) < 4.78 is 16.0. The van der Waals surface area contributed by atoms with E-state index in [1.54, 1.807) is 14.2 Å². The Morgan fingerprint density at radius 1 is 1.30 bits per heavy atom. The van der Waals surface area contributed by atoms with Crippen LogP contribution in [0.5, 0.6) is 5.88 Å². The first-order valence-electron chi connectivity index (χ1n) is 7.84. The molecule has 0 aliphatic rings. The number of hydrogen-bond donors (Lipinski definition) is 1. The molecule has 0 aliphatic heterocycles. The van der Waals surface area contributed by atoms with Gasteiger partial charge >= 0.3 is 0 Å². The minimum atomic E-state index is -1.60. The van der Waals surface area contributed by atoms with Crippen molar-refractivity contribution >= 4 is 19.0 Å². The summed E-state index contributed by atoms with van der Waals surface area (Å²) in [7, 11) is 1.62. The Morgan fingerprint density at radius 2 is 2.00 bits per heavy atom. The molecule has 130 valence electrons. The van der Waals surface area contributed by atoms with Gasteiger partial charge in [-0.05, 0) is 23.6 Å². The van der Waals surface area contributed by atoms with Gasteiger partial charge in [0.2, 0.25) is 5.88 Å². The third-order valence-electron chi connectivity index (χ3n) is 3.56. The van der Waals surface area contributed by atoms with Crippen LogP contribution in [-0.4, -0.2) is 45.8 Å². The minimum absolute atomic E-state index is 0.00839. The molecule has 1 N–H and O–H groups in total. The molecule has 23 heavy (non-hydrogen) atoms. The number of hydrogen-bond acceptors (Lipinski definition) is 5. The lowest BCUT2D eigenvalue weighted by atomic mass is 9.99. The summed E-state index contributed by atoms with van der Waals surface area (Å²) in [4.78, 5) is 4.71. The summed E-state index contributed by atoms with van der Waals surface area (Å²) in [6, 6.07) is 2.13. The van der Waals surface area contributed by atoms with E-state index in [1.165, 1.54) is 0 Å². The van der Waals surface area contributed by atoms with Crippen molar-refractivity contribution in [1.29, 1.82) is 0 Å². The first-order valence-corrected chi connectivity index (χ1v) is 11.3. The van der Waals surface area contributed by atoms with E-state index >= 15 is 0 Å². The van der Waals surface area contributed by atoms with E-state index in [4.69, 9.17) is 19.2 Å². The highest BCUT2D eigenvalue weighted by Gasteiger charge is 2.24. The second-order valence-electron chi connectivity index (χ2n) is 6.31. The van der Waals surface area contributed by atoms with E-state index < -0.39 is 8.07 Å². The van der Waals surface area contributed by atoms with E-state index in [2.05, 4.69) is 32.6 Å². The van der Waals surface area contributed by atoms with Crippen LogP contribution in [0, 0.1) is 0 Å². The zero-order valence-electron chi connectivity index (χ0n) is 15.1. The molecular weight excluding hydrogens is 310 g/mol. The minimum Gasteiger partial charge on any atom is -0.481 e. The fraction of sp³-hybridized carbons (Fsp3) is 0.588. The van der Waals surface area contributed by atoms with Crippen LogP contribution in [0.4, 0.5) is 0 Å². The highest BCUT2D eigenvalue weighted by atomic mass is 28.3. The van der Waals surface area contributed by atoms with Crippen LogP contribution in [0.2, 0.25) is 19.6 Å². The lowest BCUT2D eigenvalue weighted by Crippen LogP contribution is -2.40. The Balaban J connectivity index is 3.47. The molecule has 6 heteroatoms. The van der Waals surface area contributed by atoms with Gasteiger partial charge in [0, 0.05) is 18.0 Å². The monoisotopic (exact) mass is 339 g/mol. The summed E-state index contributed by atoms with van der Waals surface area (Å²) in [5, 5.41) is 10.4. The third kappa shape index (κ3) is 5.42. The molecule has 1 aromatic heterocycles. The number of ether oxygens (including phenoxy) is 3. The normalized spacial score (nSPS) is 12.6. The molecular formula is C17H29NO4Si. The fourth-order valence-electron chi connectivity index (χ4n) is 2.31. The quantitative estimate of drug-likeness (QED) is 0.426. The number of nitrogens with zero attached hydrogens (tertiary/aromatic N) is 1. The van der Waals surface area contributed by atoms with Crippen molar-refractivity contribution in [3.63, 3.8) is 0 Å². The molecule has 0 aliphatic carbocycles. The van der Waals surface area contributed by atoms with Gasteiger partial charge in [-0.1, -0.05) is 32.6 Å². The molecule has 0 fully saturated rings. The second kappa shape index (κ2) is 9.17. The molecule has 0 amide bonds. The molecule has 0 atom stereocenters. The predicted molar refractivity (Wildman–Crippen MR) is 95.8 cm³/mol. The zero-order valence-corrected chi connectivity index (χ0v) is 16.1. The van der Waals surface area contributed by atoms with Crippen molar-refractivity contribution in [2.45, 2.75) is 39.6 Å². The summed E-state index contributed by atoms with van der Waals surface area (Å²) in [5.74, 6) is 0.591. The molecule has 0 radical (unpaired) electrons. The van der Waals surface area contributed by atoms with E-state index in [9.17, 15) is 5.11 Å². The van der Waals surface area contributed by atoms with E-state index in [1.807, 2.05) is 6.08 Å². The average Bonchev–Trinajstić information content (AvgIpc) is 2.51. The molecule has 1 rings (SSSR count).